The van der Waals surface area contributed by atoms with Crippen molar-refractivity contribution in [2.45, 2.75) is 33.7 Å². The first-order valence-corrected chi connectivity index (χ1v) is 8.09. The van der Waals surface area contributed by atoms with Crippen molar-refractivity contribution in [1.29, 1.82) is 0 Å². The van der Waals surface area contributed by atoms with Crippen LogP contribution in [-0.4, -0.2) is 11.0 Å². The molecule has 0 bridgehead atoms. The molecule has 21 heavy (non-hydrogen) atoms. The van der Waals surface area contributed by atoms with Crippen molar-refractivity contribution < 1.29 is 0 Å². The summed E-state index contributed by atoms with van der Waals surface area (Å²) in [5, 5.41) is 4.54. The predicted molar refractivity (Wildman–Crippen MR) is 93.3 cm³/mol. The minimum absolute atomic E-state index is 0.445. The number of nitrogens with one attached hydrogen (secondary N) is 1. The highest BCUT2D eigenvalue weighted by Gasteiger charge is 2.09. The number of hydrogen-bond donors (Lipinski definition) is 1. The average Bonchev–Trinajstić information content (AvgIpc) is 2.80. The molecule has 1 N–H and O–H groups in total. The van der Waals surface area contributed by atoms with Gasteiger partial charge in [-0.25, -0.2) is 4.98 Å². The minimum Gasteiger partial charge on any atom is -0.383 e. The molecule has 0 unspecified atom stereocenters. The molecule has 0 radical (unpaired) electrons. The van der Waals surface area contributed by atoms with E-state index in [0.717, 1.165) is 10.5 Å². The second-order valence-electron chi connectivity index (χ2n) is 5.82. The van der Waals surface area contributed by atoms with Crippen molar-refractivity contribution in [2.24, 2.45) is 0 Å². The molecule has 0 atom stereocenters. The highest BCUT2D eigenvalue weighted by molar-refractivity contribution is 7.21. The molecule has 3 aromatic rings. The van der Waals surface area contributed by atoms with Crippen LogP contribution >= 0.6 is 11.3 Å². The molecule has 108 valence electrons. The fourth-order valence-electron chi connectivity index (χ4n) is 2.47. The van der Waals surface area contributed by atoms with E-state index in [0.29, 0.717) is 6.04 Å². The lowest BCUT2D eigenvalue weighted by atomic mass is 10.1. The summed E-state index contributed by atoms with van der Waals surface area (Å²) < 4.78 is 1.26. The maximum Gasteiger partial charge on any atom is 0.124 e. The molecule has 0 saturated heterocycles. The van der Waals surface area contributed by atoms with Crippen LogP contribution in [-0.2, 0) is 0 Å². The SMILES string of the molecule is Cc1ccc2nc(-c3ccc(NC(C)C)cc3C)sc2c1. The number of benzene rings is 2. The molecular formula is C18H20N2S. The zero-order chi connectivity index (χ0) is 15.0. The van der Waals surface area contributed by atoms with E-state index in [1.54, 1.807) is 11.3 Å². The van der Waals surface area contributed by atoms with Crippen LogP contribution in [0.15, 0.2) is 36.4 Å². The standard InChI is InChI=1S/C18H20N2S/c1-11(2)19-14-6-7-15(13(4)10-14)18-20-16-8-5-12(3)9-17(16)21-18/h5-11,19H,1-4H3. The van der Waals surface area contributed by atoms with E-state index in [2.05, 4.69) is 69.4 Å². The van der Waals surface area contributed by atoms with Crippen molar-refractivity contribution in [2.75, 3.05) is 5.32 Å². The Kier molecular flexibility index (Phi) is 3.68. The molecular weight excluding hydrogens is 276 g/mol. The summed E-state index contributed by atoms with van der Waals surface area (Å²) in [6, 6.07) is 13.4. The van der Waals surface area contributed by atoms with E-state index in [1.807, 2.05) is 0 Å². The van der Waals surface area contributed by atoms with Gasteiger partial charge in [0.15, 0.2) is 0 Å². The normalized spacial score (nSPS) is 11.3. The van der Waals surface area contributed by atoms with Crippen LogP contribution in [0.5, 0.6) is 0 Å². The zero-order valence-electron chi connectivity index (χ0n) is 12.9. The number of thiazole rings is 1. The van der Waals surface area contributed by atoms with Crippen molar-refractivity contribution in [1.82, 2.24) is 4.98 Å². The Morgan fingerprint density at radius 1 is 1.05 bits per heavy atom. The Morgan fingerprint density at radius 2 is 1.86 bits per heavy atom. The highest BCUT2D eigenvalue weighted by atomic mass is 32.1. The summed E-state index contributed by atoms with van der Waals surface area (Å²) in [4.78, 5) is 4.77. The van der Waals surface area contributed by atoms with Gasteiger partial charge in [0, 0.05) is 17.3 Å². The zero-order valence-corrected chi connectivity index (χ0v) is 13.7. The summed E-state index contributed by atoms with van der Waals surface area (Å²) >= 11 is 1.77. The van der Waals surface area contributed by atoms with Gasteiger partial charge in [0.25, 0.3) is 0 Å². The van der Waals surface area contributed by atoms with Gasteiger partial charge in [-0.15, -0.1) is 11.3 Å². The van der Waals surface area contributed by atoms with Crippen LogP contribution in [0.4, 0.5) is 5.69 Å². The Morgan fingerprint density at radius 3 is 2.57 bits per heavy atom. The van der Waals surface area contributed by atoms with Gasteiger partial charge in [0.05, 0.1) is 10.2 Å². The van der Waals surface area contributed by atoms with Gasteiger partial charge in [-0.05, 0) is 69.2 Å². The molecule has 2 aromatic carbocycles. The largest absolute Gasteiger partial charge is 0.383 e. The summed E-state index contributed by atoms with van der Waals surface area (Å²) in [5.41, 5.74) is 6.03. The molecule has 0 aliphatic carbocycles. The summed E-state index contributed by atoms with van der Waals surface area (Å²) in [5.74, 6) is 0. The highest BCUT2D eigenvalue weighted by Crippen LogP contribution is 2.33. The Bertz CT molecular complexity index is 787. The van der Waals surface area contributed by atoms with Crippen LogP contribution in [0.3, 0.4) is 0 Å². The Hall–Kier alpha value is -1.87. The van der Waals surface area contributed by atoms with E-state index in [-0.39, 0.29) is 0 Å². The number of aromatic nitrogens is 1. The number of aryl methyl sites for hydroxylation is 2. The predicted octanol–water partition coefficient (Wildman–Crippen LogP) is 5.40. The Labute approximate surface area is 129 Å². The van der Waals surface area contributed by atoms with E-state index in [9.17, 15) is 0 Å². The molecule has 1 aromatic heterocycles. The molecule has 3 heteroatoms. The fourth-order valence-corrected chi connectivity index (χ4v) is 3.63. The van der Waals surface area contributed by atoms with Crippen LogP contribution in [0.2, 0.25) is 0 Å². The lowest BCUT2D eigenvalue weighted by Crippen LogP contribution is -2.09. The minimum atomic E-state index is 0.445. The van der Waals surface area contributed by atoms with E-state index in [1.165, 1.54) is 27.1 Å². The fraction of sp³-hybridized carbons (Fsp3) is 0.278. The number of hydrogen-bond acceptors (Lipinski definition) is 3. The van der Waals surface area contributed by atoms with E-state index >= 15 is 0 Å². The number of anilines is 1. The van der Waals surface area contributed by atoms with Crippen LogP contribution in [0, 0.1) is 13.8 Å². The van der Waals surface area contributed by atoms with E-state index < -0.39 is 0 Å². The van der Waals surface area contributed by atoms with Gasteiger partial charge in [-0.2, -0.15) is 0 Å². The first-order valence-electron chi connectivity index (χ1n) is 7.27. The van der Waals surface area contributed by atoms with Gasteiger partial charge >= 0.3 is 0 Å². The van der Waals surface area contributed by atoms with Crippen molar-refractivity contribution in [3.05, 3.63) is 47.5 Å². The molecule has 0 spiro atoms. The van der Waals surface area contributed by atoms with Crippen molar-refractivity contribution >= 4 is 27.2 Å². The van der Waals surface area contributed by atoms with E-state index in [4.69, 9.17) is 4.98 Å². The number of nitrogens with zero attached hydrogens (tertiary/aromatic N) is 1. The third-order valence-corrected chi connectivity index (χ3v) is 4.51. The van der Waals surface area contributed by atoms with Gasteiger partial charge in [0.2, 0.25) is 0 Å². The monoisotopic (exact) mass is 296 g/mol. The molecule has 0 aliphatic rings. The molecule has 3 rings (SSSR count). The van der Waals surface area contributed by atoms with Crippen LogP contribution < -0.4 is 5.32 Å². The molecule has 0 amide bonds. The van der Waals surface area contributed by atoms with Gasteiger partial charge < -0.3 is 5.32 Å². The third-order valence-electron chi connectivity index (χ3n) is 3.46. The molecule has 0 saturated carbocycles. The molecule has 0 aliphatic heterocycles. The molecule has 0 fully saturated rings. The second kappa shape index (κ2) is 5.49. The lowest BCUT2D eigenvalue weighted by molar-refractivity contribution is 0.899. The first kappa shape index (κ1) is 14.1. The van der Waals surface area contributed by atoms with Crippen LogP contribution in [0.25, 0.3) is 20.8 Å². The van der Waals surface area contributed by atoms with Gasteiger partial charge in [-0.1, -0.05) is 6.07 Å². The summed E-state index contributed by atoms with van der Waals surface area (Å²) in [6.45, 7) is 8.58. The maximum atomic E-state index is 4.77. The lowest BCUT2D eigenvalue weighted by Gasteiger charge is -2.12. The second-order valence-corrected chi connectivity index (χ2v) is 6.85. The smallest absolute Gasteiger partial charge is 0.124 e. The summed E-state index contributed by atoms with van der Waals surface area (Å²) in [7, 11) is 0. The molecule has 2 nitrogen and oxygen atoms in total. The quantitative estimate of drug-likeness (QED) is 0.700. The topological polar surface area (TPSA) is 24.9 Å². The van der Waals surface area contributed by atoms with Crippen LogP contribution in [0.1, 0.15) is 25.0 Å². The number of fused-ring (bicyclic) bond motifs is 1. The van der Waals surface area contributed by atoms with Crippen molar-refractivity contribution in [3.8, 4) is 10.6 Å². The average molecular weight is 296 g/mol. The van der Waals surface area contributed by atoms with Gasteiger partial charge in [-0.3, -0.25) is 0 Å². The summed E-state index contributed by atoms with van der Waals surface area (Å²) in [6.07, 6.45) is 0. The van der Waals surface area contributed by atoms with Crippen molar-refractivity contribution in [3.63, 3.8) is 0 Å². The first-order chi connectivity index (χ1) is 10.0. The Balaban J connectivity index is 2.01. The number of rotatable bonds is 3. The maximum absolute atomic E-state index is 4.77. The van der Waals surface area contributed by atoms with Gasteiger partial charge in [0.1, 0.15) is 5.01 Å². The molecule has 1 heterocycles. The third kappa shape index (κ3) is 2.93.